The van der Waals surface area contributed by atoms with Crippen molar-refractivity contribution in [1.82, 2.24) is 5.32 Å². The van der Waals surface area contributed by atoms with Crippen LogP contribution in [0.5, 0.6) is 0 Å². The molecule has 0 fully saturated rings. The highest BCUT2D eigenvalue weighted by Crippen LogP contribution is 2.16. The van der Waals surface area contributed by atoms with Crippen molar-refractivity contribution in [2.24, 2.45) is 5.92 Å². The van der Waals surface area contributed by atoms with Gasteiger partial charge in [-0.1, -0.05) is 38.1 Å². The molecule has 0 aromatic heterocycles. The molecule has 0 saturated heterocycles. The van der Waals surface area contributed by atoms with E-state index in [1.165, 1.54) is 0 Å². The minimum absolute atomic E-state index is 0.185. The second-order valence-electron chi connectivity index (χ2n) is 5.55. The number of nitrogens with one attached hydrogen (secondary N) is 1. The molecule has 0 aliphatic rings. The summed E-state index contributed by atoms with van der Waals surface area (Å²) in [5.74, 6) is -0.818. The van der Waals surface area contributed by atoms with E-state index in [-0.39, 0.29) is 12.6 Å². The van der Waals surface area contributed by atoms with E-state index in [1.54, 1.807) is 6.92 Å². The number of carbonyl (C=O) groups is 1. The van der Waals surface area contributed by atoms with Crippen LogP contribution in [0.25, 0.3) is 0 Å². The van der Waals surface area contributed by atoms with Crippen molar-refractivity contribution in [2.75, 3.05) is 6.61 Å². The second kappa shape index (κ2) is 8.02. The third kappa shape index (κ3) is 4.94. The van der Waals surface area contributed by atoms with Gasteiger partial charge in [0.1, 0.15) is 0 Å². The van der Waals surface area contributed by atoms with Crippen molar-refractivity contribution in [3.05, 3.63) is 35.4 Å². The van der Waals surface area contributed by atoms with Crippen molar-refractivity contribution in [3.63, 3.8) is 0 Å². The Bertz CT molecular complexity index is 414. The predicted octanol–water partition coefficient (Wildman–Crippen LogP) is 2.37. The fraction of sp³-hybridized carbons (Fsp3) is 0.562. The zero-order valence-corrected chi connectivity index (χ0v) is 12.5. The number of aliphatic hydroxyl groups is 1. The molecule has 0 radical (unpaired) electrons. The van der Waals surface area contributed by atoms with Crippen LogP contribution in [0.3, 0.4) is 0 Å². The number of hydrogen-bond acceptors (Lipinski definition) is 3. The lowest BCUT2D eigenvalue weighted by Gasteiger charge is -2.21. The van der Waals surface area contributed by atoms with Crippen LogP contribution < -0.4 is 5.32 Å². The molecule has 0 amide bonds. The molecule has 112 valence electrons. The fourth-order valence-corrected chi connectivity index (χ4v) is 2.13. The maximum absolute atomic E-state index is 10.9. The molecule has 4 nitrogen and oxygen atoms in total. The van der Waals surface area contributed by atoms with E-state index in [2.05, 4.69) is 19.2 Å². The van der Waals surface area contributed by atoms with Crippen molar-refractivity contribution in [1.29, 1.82) is 0 Å². The molecule has 0 bridgehead atoms. The summed E-state index contributed by atoms with van der Waals surface area (Å²) in [6, 6.07) is 7.94. The molecule has 1 rings (SSSR count). The lowest BCUT2D eigenvalue weighted by Crippen LogP contribution is -2.34. The van der Waals surface area contributed by atoms with Gasteiger partial charge in [-0.25, -0.2) is 0 Å². The number of carboxylic acids is 1. The number of rotatable bonds is 8. The highest BCUT2D eigenvalue weighted by atomic mass is 16.4. The Labute approximate surface area is 120 Å². The molecule has 4 heteroatoms. The SMILES string of the molecule is CC(C(=O)O)c1ccc(CNC(CCO)C(C)C)cc1. The first-order valence-electron chi connectivity index (χ1n) is 7.11. The van der Waals surface area contributed by atoms with Gasteiger partial charge in [0, 0.05) is 19.2 Å². The first kappa shape index (κ1) is 16.7. The normalized spacial score (nSPS) is 14.2. The van der Waals surface area contributed by atoms with E-state index in [9.17, 15) is 4.79 Å². The second-order valence-corrected chi connectivity index (χ2v) is 5.55. The smallest absolute Gasteiger partial charge is 0.310 e. The number of aliphatic hydroxyl groups excluding tert-OH is 1. The zero-order chi connectivity index (χ0) is 15.1. The summed E-state index contributed by atoms with van der Waals surface area (Å²) in [4.78, 5) is 10.9. The first-order chi connectivity index (χ1) is 9.45. The number of carboxylic acid groups (broad SMARTS) is 1. The van der Waals surface area contributed by atoms with E-state index >= 15 is 0 Å². The Morgan fingerprint density at radius 3 is 2.25 bits per heavy atom. The lowest BCUT2D eigenvalue weighted by molar-refractivity contribution is -0.138. The summed E-state index contributed by atoms with van der Waals surface area (Å²) in [6.45, 7) is 6.86. The first-order valence-corrected chi connectivity index (χ1v) is 7.11. The molecule has 0 aliphatic carbocycles. The van der Waals surface area contributed by atoms with E-state index in [0.29, 0.717) is 5.92 Å². The molecule has 0 saturated carbocycles. The topological polar surface area (TPSA) is 69.6 Å². The van der Waals surface area contributed by atoms with Gasteiger partial charge in [-0.2, -0.15) is 0 Å². The summed E-state index contributed by atoms with van der Waals surface area (Å²) in [7, 11) is 0. The average Bonchev–Trinajstić information content (AvgIpc) is 2.42. The van der Waals surface area contributed by atoms with Gasteiger partial charge < -0.3 is 15.5 Å². The van der Waals surface area contributed by atoms with Crippen LogP contribution in [0.4, 0.5) is 0 Å². The van der Waals surface area contributed by atoms with E-state index in [1.807, 2.05) is 24.3 Å². The molecular formula is C16H25NO3. The van der Waals surface area contributed by atoms with Crippen LogP contribution in [-0.4, -0.2) is 28.8 Å². The third-order valence-corrected chi connectivity index (χ3v) is 3.66. The monoisotopic (exact) mass is 279 g/mol. The highest BCUT2D eigenvalue weighted by Gasteiger charge is 2.14. The molecule has 2 atom stereocenters. The van der Waals surface area contributed by atoms with Crippen LogP contribution >= 0.6 is 0 Å². The summed E-state index contributed by atoms with van der Waals surface area (Å²) in [5, 5.41) is 21.4. The summed E-state index contributed by atoms with van der Waals surface area (Å²) in [5.41, 5.74) is 1.94. The molecule has 0 aliphatic heterocycles. The Morgan fingerprint density at radius 1 is 1.20 bits per heavy atom. The number of aliphatic carboxylic acids is 1. The van der Waals surface area contributed by atoms with Gasteiger partial charge in [0.25, 0.3) is 0 Å². The van der Waals surface area contributed by atoms with Gasteiger partial charge in [0.05, 0.1) is 5.92 Å². The van der Waals surface area contributed by atoms with Gasteiger partial charge in [0.2, 0.25) is 0 Å². The van der Waals surface area contributed by atoms with Crippen molar-refractivity contribution < 1.29 is 15.0 Å². The average molecular weight is 279 g/mol. The largest absolute Gasteiger partial charge is 0.481 e. The van der Waals surface area contributed by atoms with Crippen molar-refractivity contribution >= 4 is 5.97 Å². The molecule has 2 unspecified atom stereocenters. The Hall–Kier alpha value is -1.39. The van der Waals surface area contributed by atoms with Crippen molar-refractivity contribution in [2.45, 2.75) is 45.7 Å². The Kier molecular flexibility index (Phi) is 6.68. The lowest BCUT2D eigenvalue weighted by atomic mass is 9.99. The van der Waals surface area contributed by atoms with Crippen LogP contribution in [0.1, 0.15) is 44.2 Å². The van der Waals surface area contributed by atoms with Crippen LogP contribution in [0, 0.1) is 5.92 Å². The van der Waals surface area contributed by atoms with Crippen LogP contribution in [-0.2, 0) is 11.3 Å². The van der Waals surface area contributed by atoms with Gasteiger partial charge in [0.15, 0.2) is 0 Å². The highest BCUT2D eigenvalue weighted by molar-refractivity contribution is 5.75. The molecule has 0 spiro atoms. The Balaban J connectivity index is 2.59. The van der Waals surface area contributed by atoms with E-state index in [4.69, 9.17) is 10.2 Å². The standard InChI is InChI=1S/C16H25NO3/c1-11(2)15(8-9-18)17-10-13-4-6-14(7-5-13)12(3)16(19)20/h4-7,11-12,15,17-18H,8-10H2,1-3H3,(H,19,20). The quantitative estimate of drug-likeness (QED) is 0.683. The maximum Gasteiger partial charge on any atom is 0.310 e. The van der Waals surface area contributed by atoms with Gasteiger partial charge in [-0.15, -0.1) is 0 Å². The van der Waals surface area contributed by atoms with Gasteiger partial charge in [-0.05, 0) is 30.4 Å². The molecule has 3 N–H and O–H groups in total. The third-order valence-electron chi connectivity index (χ3n) is 3.66. The number of benzene rings is 1. The van der Waals surface area contributed by atoms with Crippen LogP contribution in [0.2, 0.25) is 0 Å². The molecule has 1 aromatic rings. The molecule has 1 aromatic carbocycles. The van der Waals surface area contributed by atoms with E-state index < -0.39 is 11.9 Å². The fourth-order valence-electron chi connectivity index (χ4n) is 2.13. The number of hydrogen-bond donors (Lipinski definition) is 3. The summed E-state index contributed by atoms with van der Waals surface area (Å²) < 4.78 is 0. The van der Waals surface area contributed by atoms with Crippen molar-refractivity contribution in [3.8, 4) is 0 Å². The van der Waals surface area contributed by atoms with Gasteiger partial charge in [-0.3, -0.25) is 4.79 Å². The molecule has 0 heterocycles. The summed E-state index contributed by atoms with van der Waals surface area (Å²) >= 11 is 0. The molecule has 20 heavy (non-hydrogen) atoms. The zero-order valence-electron chi connectivity index (χ0n) is 12.5. The predicted molar refractivity (Wildman–Crippen MR) is 79.7 cm³/mol. The molecular weight excluding hydrogens is 254 g/mol. The summed E-state index contributed by atoms with van der Waals surface area (Å²) in [6.07, 6.45) is 0.742. The van der Waals surface area contributed by atoms with E-state index in [0.717, 1.165) is 24.1 Å². The Morgan fingerprint density at radius 2 is 1.80 bits per heavy atom. The minimum Gasteiger partial charge on any atom is -0.481 e. The van der Waals surface area contributed by atoms with Gasteiger partial charge >= 0.3 is 5.97 Å². The van der Waals surface area contributed by atoms with Crippen LogP contribution in [0.15, 0.2) is 24.3 Å². The maximum atomic E-state index is 10.9. The minimum atomic E-state index is -0.807.